The quantitative estimate of drug-likeness (QED) is 0.0594. The fraction of sp³-hybridized carbons (Fsp3) is 1.00. The fourth-order valence-corrected chi connectivity index (χ4v) is 6.91. The van der Waals surface area contributed by atoms with Crippen molar-refractivity contribution in [3.8, 4) is 0 Å². The molecule has 0 amide bonds. The van der Waals surface area contributed by atoms with Crippen molar-refractivity contribution in [1.29, 1.82) is 0 Å². The molecule has 2 aliphatic heterocycles. The van der Waals surface area contributed by atoms with Gasteiger partial charge in [-0.25, -0.2) is 29.3 Å². The van der Waals surface area contributed by atoms with Gasteiger partial charge in [-0.15, -0.1) is 0 Å². The van der Waals surface area contributed by atoms with E-state index in [9.17, 15) is 77.1 Å². The van der Waals surface area contributed by atoms with Crippen LogP contribution in [0.25, 0.3) is 0 Å². The van der Waals surface area contributed by atoms with E-state index in [0.29, 0.717) is 0 Å². The predicted octanol–water partition coefficient (Wildman–Crippen LogP) is -5.93. The molecule has 38 heteroatoms. The maximum Gasteiger partial charge on any atom is 0.397 e. The van der Waals surface area contributed by atoms with Crippen LogP contribution in [0.1, 0.15) is 0 Å². The average molecular weight is 887 g/mol. The van der Waals surface area contributed by atoms with Gasteiger partial charge in [-0.05, 0) is 0 Å². The highest BCUT2D eigenvalue weighted by Gasteiger charge is 2.57. The molecule has 0 radical (unpaired) electrons. The Balaban J connectivity index is 2.82. The number of rotatable bonds is 19. The van der Waals surface area contributed by atoms with Crippen LogP contribution in [0.3, 0.4) is 0 Å². The smallest absolute Gasteiger partial charge is 0.364 e. The lowest BCUT2D eigenvalue weighted by Crippen LogP contribution is -2.64. The summed E-state index contributed by atoms with van der Waals surface area (Å²) in [5.41, 5.74) is 0. The second kappa shape index (κ2) is 16.1. The summed E-state index contributed by atoms with van der Waals surface area (Å²) in [6.07, 6.45) is -24.9. The summed E-state index contributed by atoms with van der Waals surface area (Å²) < 4.78 is 268. The van der Waals surface area contributed by atoms with Crippen molar-refractivity contribution in [3.63, 3.8) is 0 Å². The highest BCUT2D eigenvalue weighted by molar-refractivity contribution is 7.82. The van der Waals surface area contributed by atoms with Gasteiger partial charge >= 0.3 is 72.8 Å². The Morgan fingerprint density at radius 3 is 0.980 bits per heavy atom. The predicted molar refractivity (Wildman–Crippen MR) is 140 cm³/mol. The molecule has 0 unspecified atom stereocenters. The van der Waals surface area contributed by atoms with Gasteiger partial charge in [0.1, 0.15) is 42.7 Å². The van der Waals surface area contributed by atoms with Gasteiger partial charge in [-0.1, -0.05) is 0 Å². The lowest BCUT2D eigenvalue weighted by atomic mass is 9.99. The van der Waals surface area contributed by atoms with E-state index in [-0.39, 0.29) is 0 Å². The normalized spacial score (nSPS) is 30.7. The van der Waals surface area contributed by atoms with Crippen molar-refractivity contribution >= 4 is 72.8 Å². The summed E-state index contributed by atoms with van der Waals surface area (Å²) >= 11 is 0. The Morgan fingerprint density at radius 2 is 0.640 bits per heavy atom. The van der Waals surface area contributed by atoms with Crippen molar-refractivity contribution in [2.45, 2.75) is 55.1 Å². The first-order valence-corrected chi connectivity index (χ1v) is 21.1. The van der Waals surface area contributed by atoms with E-state index in [1.165, 1.54) is 0 Å². The minimum atomic E-state index is -6.02. The summed E-state index contributed by atoms with van der Waals surface area (Å²) in [4.78, 5) is 0. The highest BCUT2D eigenvalue weighted by atomic mass is 32.3. The molecule has 298 valence electrons. The molecule has 2 fully saturated rings. The zero-order valence-corrected chi connectivity index (χ0v) is 28.8. The standard InChI is InChI=1S/C12H22O31S7/c13-44(14,15)34-1-4-7(8(40-47(22,23)24)5(37-4)2-35-45(16,17)18)39-12-11(43-50(31,32)33)10(42-49(28,29)30)9(41-48(25,26)27)6(38-12)3-36-46(19,20)21/h4-12H,1-3H2,(H,13,14,15)(H,16,17,18)(H,19,20,21)(H,22,23,24)(H,25,26,27)(H,28,29,30)(H,31,32,33)/t4-,5-,6+,7-,8-,9-,10+,11-,12+/m1/s1. The van der Waals surface area contributed by atoms with E-state index in [1.54, 1.807) is 0 Å². The SMILES string of the molecule is O=S(=O)(O)OC[C@@H]1O[C@@H](O[C@H]2[C@H](OS(=O)(=O)O)[C@@H](COS(=O)(=O)O)O[C@@H]2COS(=O)(=O)O)[C@H](OS(=O)(=O)O)[C@@H](OS(=O)(=O)O)[C@@H]1OS(=O)(=O)O. The first kappa shape index (κ1) is 45.1. The molecule has 2 saturated heterocycles. The number of hydrogen-bond donors (Lipinski definition) is 7. The van der Waals surface area contributed by atoms with Gasteiger partial charge in [0.05, 0.1) is 19.8 Å². The van der Waals surface area contributed by atoms with E-state index in [2.05, 4.69) is 29.3 Å². The minimum absolute atomic E-state index is 1.54. The van der Waals surface area contributed by atoms with Gasteiger partial charge in [0, 0.05) is 0 Å². The van der Waals surface area contributed by atoms with Crippen molar-refractivity contribution in [2.75, 3.05) is 19.8 Å². The van der Waals surface area contributed by atoms with E-state index in [4.69, 9.17) is 27.9 Å². The maximum absolute atomic E-state index is 11.7. The second-order valence-corrected chi connectivity index (χ2v) is 16.4. The Hall–Kier alpha value is -1.03. The van der Waals surface area contributed by atoms with Gasteiger partial charge in [0.15, 0.2) is 12.4 Å². The first-order valence-electron chi connectivity index (χ1n) is 11.6. The molecule has 50 heavy (non-hydrogen) atoms. The fourth-order valence-electron chi connectivity index (χ4n) is 3.98. The summed E-state index contributed by atoms with van der Waals surface area (Å²) in [6.45, 7) is -4.89. The molecule has 0 bridgehead atoms. The minimum Gasteiger partial charge on any atom is -0.364 e. The molecule has 0 aromatic heterocycles. The monoisotopic (exact) mass is 886 g/mol. The topological polar surface area (TPSA) is 473 Å². The molecule has 0 aromatic rings. The van der Waals surface area contributed by atoms with Crippen LogP contribution in [-0.4, -0.2) is 166 Å². The Bertz CT molecular complexity index is 1970. The van der Waals surface area contributed by atoms with Crippen LogP contribution in [0.4, 0.5) is 0 Å². The molecule has 0 saturated carbocycles. The molecule has 7 N–H and O–H groups in total. The lowest BCUT2D eigenvalue weighted by Gasteiger charge is -2.44. The van der Waals surface area contributed by atoms with Crippen LogP contribution in [0.15, 0.2) is 0 Å². The van der Waals surface area contributed by atoms with Gasteiger partial charge in [0.25, 0.3) is 0 Å². The summed E-state index contributed by atoms with van der Waals surface area (Å²) in [7, 11) is -40.3. The molecule has 2 rings (SSSR count). The molecule has 2 aliphatic rings. The van der Waals surface area contributed by atoms with E-state index >= 15 is 0 Å². The van der Waals surface area contributed by atoms with Crippen LogP contribution in [-0.2, 0) is 116 Å². The summed E-state index contributed by atoms with van der Waals surface area (Å²) in [5, 5.41) is 0. The third-order valence-corrected chi connectivity index (χ3v) is 8.53. The number of hydrogen-bond acceptors (Lipinski definition) is 24. The molecule has 0 aromatic carbocycles. The summed E-state index contributed by atoms with van der Waals surface area (Å²) in [6, 6.07) is 0. The second-order valence-electron chi connectivity index (χ2n) is 8.95. The third-order valence-electron chi connectivity index (χ3n) is 5.36. The molecule has 9 atom stereocenters. The van der Waals surface area contributed by atoms with E-state index < -0.39 is 148 Å². The molecular weight excluding hydrogens is 865 g/mol. The van der Waals surface area contributed by atoms with Gasteiger partial charge in [0.2, 0.25) is 0 Å². The van der Waals surface area contributed by atoms with Crippen LogP contribution in [0.5, 0.6) is 0 Å². The average Bonchev–Trinajstić information content (AvgIpc) is 3.14. The van der Waals surface area contributed by atoms with E-state index in [0.717, 1.165) is 0 Å². The Labute approximate surface area is 281 Å². The van der Waals surface area contributed by atoms with Crippen LogP contribution in [0.2, 0.25) is 0 Å². The molecule has 0 aliphatic carbocycles. The van der Waals surface area contributed by atoms with Gasteiger partial charge < -0.3 is 14.2 Å². The van der Waals surface area contributed by atoms with Crippen LogP contribution >= 0.6 is 0 Å². The van der Waals surface area contributed by atoms with Crippen molar-refractivity contribution in [3.05, 3.63) is 0 Å². The van der Waals surface area contributed by atoms with E-state index in [1.807, 2.05) is 0 Å². The lowest BCUT2D eigenvalue weighted by molar-refractivity contribution is -0.304. The third kappa shape index (κ3) is 16.8. The zero-order valence-electron chi connectivity index (χ0n) is 23.1. The largest absolute Gasteiger partial charge is 0.397 e. The molecular formula is C12H22O31S7. The van der Waals surface area contributed by atoms with Crippen molar-refractivity contribution < 1.29 is 134 Å². The highest BCUT2D eigenvalue weighted by Crippen LogP contribution is 2.36. The van der Waals surface area contributed by atoms with Crippen LogP contribution < -0.4 is 0 Å². The Kier molecular flexibility index (Phi) is 14.6. The molecule has 2 heterocycles. The van der Waals surface area contributed by atoms with Crippen molar-refractivity contribution in [2.24, 2.45) is 0 Å². The molecule has 31 nitrogen and oxygen atoms in total. The zero-order chi connectivity index (χ0) is 38.9. The summed E-state index contributed by atoms with van der Waals surface area (Å²) in [5.74, 6) is 0. The first-order chi connectivity index (χ1) is 22.1. The van der Waals surface area contributed by atoms with Crippen LogP contribution in [0, 0.1) is 0 Å². The van der Waals surface area contributed by atoms with Gasteiger partial charge in [-0.3, -0.25) is 31.9 Å². The van der Waals surface area contributed by atoms with Gasteiger partial charge in [-0.2, -0.15) is 58.9 Å². The maximum atomic E-state index is 11.7. The number of ether oxygens (including phenoxy) is 3. The van der Waals surface area contributed by atoms with Crippen molar-refractivity contribution in [1.82, 2.24) is 0 Å². The molecule has 0 spiro atoms. The Morgan fingerprint density at radius 1 is 0.360 bits per heavy atom.